The second-order valence-corrected chi connectivity index (χ2v) is 5.50. The first kappa shape index (κ1) is 12.5. The summed E-state index contributed by atoms with van der Waals surface area (Å²) in [6, 6.07) is -0.0117. The maximum atomic E-state index is 11.5. The van der Waals surface area contributed by atoms with Gasteiger partial charge in [-0.15, -0.1) is 0 Å². The van der Waals surface area contributed by atoms with Crippen LogP contribution in [0.15, 0.2) is 0 Å². The summed E-state index contributed by atoms with van der Waals surface area (Å²) in [5.41, 5.74) is 5.60. The van der Waals surface area contributed by atoms with E-state index in [1.54, 1.807) is 0 Å². The number of rotatable bonds is 3. The van der Waals surface area contributed by atoms with Crippen LogP contribution in [0.5, 0.6) is 0 Å². The molecule has 0 aliphatic heterocycles. The standard InChI is InChI=1S/C12H23NO2/c1-12(2,3)15-11(14)8-10(13)9-6-4-5-7-9/h9-10H,4-8,13H2,1-3H3/t10-/m0/s1. The van der Waals surface area contributed by atoms with Gasteiger partial charge in [0.25, 0.3) is 0 Å². The van der Waals surface area contributed by atoms with E-state index < -0.39 is 5.60 Å². The Bertz CT molecular complexity index is 214. The van der Waals surface area contributed by atoms with Crippen LogP contribution in [-0.2, 0) is 9.53 Å². The topological polar surface area (TPSA) is 52.3 Å². The summed E-state index contributed by atoms with van der Waals surface area (Å²) in [4.78, 5) is 11.5. The Kier molecular flexibility index (Phi) is 4.14. The van der Waals surface area contributed by atoms with E-state index in [9.17, 15) is 4.79 Å². The van der Waals surface area contributed by atoms with Crippen molar-refractivity contribution in [2.75, 3.05) is 0 Å². The van der Waals surface area contributed by atoms with Crippen molar-refractivity contribution in [3.05, 3.63) is 0 Å². The molecule has 88 valence electrons. The van der Waals surface area contributed by atoms with Crippen molar-refractivity contribution in [1.29, 1.82) is 0 Å². The average molecular weight is 213 g/mol. The molecule has 0 radical (unpaired) electrons. The molecule has 3 nitrogen and oxygen atoms in total. The Balaban J connectivity index is 2.30. The van der Waals surface area contributed by atoms with Crippen LogP contribution in [0.1, 0.15) is 52.9 Å². The maximum absolute atomic E-state index is 11.5. The van der Waals surface area contributed by atoms with Crippen LogP contribution in [0.4, 0.5) is 0 Å². The zero-order chi connectivity index (χ0) is 11.5. The van der Waals surface area contributed by atoms with Gasteiger partial charge >= 0.3 is 5.97 Å². The lowest BCUT2D eigenvalue weighted by molar-refractivity contribution is -0.155. The van der Waals surface area contributed by atoms with Gasteiger partial charge < -0.3 is 10.5 Å². The largest absolute Gasteiger partial charge is 0.460 e. The van der Waals surface area contributed by atoms with Crippen molar-refractivity contribution in [3.8, 4) is 0 Å². The monoisotopic (exact) mass is 213 g/mol. The molecule has 0 amide bonds. The first-order chi connectivity index (χ1) is 6.88. The second kappa shape index (κ2) is 4.97. The molecule has 0 aromatic carbocycles. The van der Waals surface area contributed by atoms with E-state index >= 15 is 0 Å². The van der Waals surface area contributed by atoms with Crippen LogP contribution in [0, 0.1) is 5.92 Å². The van der Waals surface area contributed by atoms with Crippen molar-refractivity contribution in [2.45, 2.75) is 64.5 Å². The third-order valence-corrected chi connectivity index (χ3v) is 2.83. The van der Waals surface area contributed by atoms with Gasteiger partial charge in [0.2, 0.25) is 0 Å². The number of hydrogen-bond acceptors (Lipinski definition) is 3. The van der Waals surface area contributed by atoms with Crippen molar-refractivity contribution in [3.63, 3.8) is 0 Å². The van der Waals surface area contributed by atoms with Gasteiger partial charge in [0.1, 0.15) is 5.60 Å². The molecule has 1 fully saturated rings. The fourth-order valence-corrected chi connectivity index (χ4v) is 2.13. The molecule has 0 bridgehead atoms. The SMILES string of the molecule is CC(C)(C)OC(=O)C[C@H](N)C1CCCC1. The van der Waals surface area contributed by atoms with Gasteiger partial charge in [0.05, 0.1) is 6.42 Å². The third kappa shape index (κ3) is 4.65. The highest BCUT2D eigenvalue weighted by atomic mass is 16.6. The maximum Gasteiger partial charge on any atom is 0.307 e. The first-order valence-corrected chi connectivity index (χ1v) is 5.86. The minimum absolute atomic E-state index is 0.0117. The predicted molar refractivity (Wildman–Crippen MR) is 60.4 cm³/mol. The van der Waals surface area contributed by atoms with Gasteiger partial charge in [-0.3, -0.25) is 4.79 Å². The van der Waals surface area contributed by atoms with Crippen LogP contribution in [0.2, 0.25) is 0 Å². The van der Waals surface area contributed by atoms with Gasteiger partial charge in [-0.05, 0) is 39.5 Å². The van der Waals surface area contributed by atoms with Gasteiger partial charge in [0.15, 0.2) is 0 Å². The molecule has 1 saturated carbocycles. The lowest BCUT2D eigenvalue weighted by Gasteiger charge is -2.23. The van der Waals surface area contributed by atoms with Gasteiger partial charge in [-0.1, -0.05) is 12.8 Å². The Morgan fingerprint density at radius 3 is 2.40 bits per heavy atom. The van der Waals surface area contributed by atoms with E-state index in [4.69, 9.17) is 10.5 Å². The highest BCUT2D eigenvalue weighted by Crippen LogP contribution is 2.28. The summed E-state index contributed by atoms with van der Waals surface area (Å²) >= 11 is 0. The van der Waals surface area contributed by atoms with Gasteiger partial charge in [0, 0.05) is 6.04 Å². The molecule has 0 aromatic rings. The summed E-state index contributed by atoms with van der Waals surface area (Å²) in [6.45, 7) is 5.64. The highest BCUT2D eigenvalue weighted by Gasteiger charge is 2.26. The number of nitrogens with two attached hydrogens (primary N) is 1. The summed E-state index contributed by atoms with van der Waals surface area (Å²) in [5, 5.41) is 0. The van der Waals surface area contributed by atoms with Gasteiger partial charge in [-0.2, -0.15) is 0 Å². The van der Waals surface area contributed by atoms with E-state index in [1.165, 1.54) is 25.7 Å². The Labute approximate surface area is 92.4 Å². The molecule has 0 aromatic heterocycles. The molecule has 15 heavy (non-hydrogen) atoms. The molecular weight excluding hydrogens is 190 g/mol. The summed E-state index contributed by atoms with van der Waals surface area (Å²) < 4.78 is 5.25. The lowest BCUT2D eigenvalue weighted by atomic mass is 9.96. The van der Waals surface area contributed by atoms with Crippen molar-refractivity contribution in [2.24, 2.45) is 11.7 Å². The molecule has 1 rings (SSSR count). The summed E-state index contributed by atoms with van der Waals surface area (Å²) in [5.74, 6) is 0.361. The van der Waals surface area contributed by atoms with Crippen molar-refractivity contribution in [1.82, 2.24) is 0 Å². The number of carbonyl (C=O) groups excluding carboxylic acids is 1. The fourth-order valence-electron chi connectivity index (χ4n) is 2.13. The van der Waals surface area contributed by atoms with E-state index in [-0.39, 0.29) is 12.0 Å². The second-order valence-electron chi connectivity index (χ2n) is 5.50. The molecule has 1 atom stereocenters. The van der Waals surface area contributed by atoms with Crippen molar-refractivity contribution >= 4 is 5.97 Å². The molecule has 0 spiro atoms. The van der Waals surface area contributed by atoms with Crippen molar-refractivity contribution < 1.29 is 9.53 Å². The number of carbonyl (C=O) groups is 1. The van der Waals surface area contributed by atoms with E-state index in [1.807, 2.05) is 20.8 Å². The summed E-state index contributed by atoms with van der Waals surface area (Å²) in [6.07, 6.45) is 5.22. The van der Waals surface area contributed by atoms with Crippen LogP contribution in [0.3, 0.4) is 0 Å². The molecule has 0 saturated heterocycles. The molecule has 1 aliphatic carbocycles. The molecule has 2 N–H and O–H groups in total. The van der Waals surface area contributed by atoms with E-state index in [0.29, 0.717) is 12.3 Å². The number of ether oxygens (including phenoxy) is 1. The van der Waals surface area contributed by atoms with Crippen LogP contribution >= 0.6 is 0 Å². The Hall–Kier alpha value is -0.570. The predicted octanol–water partition coefficient (Wildman–Crippen LogP) is 2.24. The van der Waals surface area contributed by atoms with Crippen LogP contribution < -0.4 is 5.73 Å². The Morgan fingerprint density at radius 1 is 1.40 bits per heavy atom. The fraction of sp³-hybridized carbons (Fsp3) is 0.917. The minimum atomic E-state index is -0.396. The van der Waals surface area contributed by atoms with E-state index in [2.05, 4.69) is 0 Å². The highest BCUT2D eigenvalue weighted by molar-refractivity contribution is 5.70. The minimum Gasteiger partial charge on any atom is -0.460 e. The zero-order valence-corrected chi connectivity index (χ0v) is 10.1. The molecule has 3 heteroatoms. The molecular formula is C12H23NO2. The third-order valence-electron chi connectivity index (χ3n) is 2.83. The lowest BCUT2D eigenvalue weighted by Crippen LogP contribution is -2.34. The van der Waals surface area contributed by atoms with Crippen LogP contribution in [0.25, 0.3) is 0 Å². The van der Waals surface area contributed by atoms with E-state index in [0.717, 1.165) is 0 Å². The summed E-state index contributed by atoms with van der Waals surface area (Å²) in [7, 11) is 0. The smallest absolute Gasteiger partial charge is 0.307 e. The first-order valence-electron chi connectivity index (χ1n) is 5.86. The molecule has 0 unspecified atom stereocenters. The Morgan fingerprint density at radius 2 is 1.93 bits per heavy atom. The normalized spacial score (nSPS) is 20.3. The van der Waals surface area contributed by atoms with Gasteiger partial charge in [-0.25, -0.2) is 0 Å². The quantitative estimate of drug-likeness (QED) is 0.731. The van der Waals surface area contributed by atoms with Crippen LogP contribution in [-0.4, -0.2) is 17.6 Å². The zero-order valence-electron chi connectivity index (χ0n) is 10.1. The average Bonchev–Trinajstić information content (AvgIpc) is 2.50. The number of hydrogen-bond donors (Lipinski definition) is 1. The molecule has 0 heterocycles. The molecule has 1 aliphatic rings. The number of esters is 1.